The van der Waals surface area contributed by atoms with Crippen LogP contribution >= 0.6 is 39.5 Å². The third kappa shape index (κ3) is 3.53. The first-order valence-corrected chi connectivity index (χ1v) is 8.97. The Kier molecular flexibility index (Phi) is 4.73. The van der Waals surface area contributed by atoms with Gasteiger partial charge in [-0.05, 0) is 72.3 Å². The van der Waals surface area contributed by atoms with Gasteiger partial charge in [0.1, 0.15) is 5.70 Å². The summed E-state index contributed by atoms with van der Waals surface area (Å²) in [5.74, 6) is -0.0323. The van der Waals surface area contributed by atoms with Gasteiger partial charge in [-0.25, -0.2) is 0 Å². The topological polar surface area (TPSA) is 35.6 Å². The molecule has 7 heteroatoms. The van der Waals surface area contributed by atoms with E-state index >= 15 is 0 Å². The second-order valence-corrected chi connectivity index (χ2v) is 8.06. The first kappa shape index (κ1) is 15.1. The quantitative estimate of drug-likeness (QED) is 0.640. The Morgan fingerprint density at radius 2 is 2.10 bits per heavy atom. The van der Waals surface area contributed by atoms with Crippen molar-refractivity contribution in [1.82, 2.24) is 15.1 Å². The summed E-state index contributed by atoms with van der Waals surface area (Å²) in [4.78, 5) is 17.5. The summed E-state index contributed by atoms with van der Waals surface area (Å²) in [6.45, 7) is 2.68. The van der Waals surface area contributed by atoms with Crippen LogP contribution in [-0.4, -0.2) is 40.6 Å². The summed E-state index contributed by atoms with van der Waals surface area (Å²) >= 11 is 10.3. The Balaban J connectivity index is 1.71. The zero-order valence-electron chi connectivity index (χ0n) is 11.5. The van der Waals surface area contributed by atoms with Crippen molar-refractivity contribution in [3.8, 4) is 0 Å². The maximum atomic E-state index is 12.5. The molecule has 2 aliphatic heterocycles. The molecule has 21 heavy (non-hydrogen) atoms. The maximum absolute atomic E-state index is 12.5. The third-order valence-electron chi connectivity index (χ3n) is 3.63. The molecule has 0 aliphatic carbocycles. The molecule has 1 amide bonds. The molecule has 0 atom stereocenters. The highest BCUT2D eigenvalue weighted by Gasteiger charge is 2.32. The van der Waals surface area contributed by atoms with E-state index in [1.165, 1.54) is 19.3 Å². The molecule has 0 bridgehead atoms. The van der Waals surface area contributed by atoms with E-state index in [2.05, 4.69) is 26.1 Å². The molecule has 0 aromatic carbocycles. The number of nitrogens with one attached hydrogen (secondary N) is 1. The molecule has 0 unspecified atom stereocenters. The lowest BCUT2D eigenvalue weighted by molar-refractivity contribution is -0.123. The molecule has 1 N–H and O–H groups in total. The minimum absolute atomic E-state index is 0.0323. The van der Waals surface area contributed by atoms with Crippen LogP contribution < -0.4 is 5.32 Å². The van der Waals surface area contributed by atoms with E-state index in [1.54, 1.807) is 16.2 Å². The lowest BCUT2D eigenvalue weighted by atomic mass is 10.1. The van der Waals surface area contributed by atoms with Gasteiger partial charge in [0.2, 0.25) is 0 Å². The molecule has 4 nitrogen and oxygen atoms in total. The molecule has 1 aromatic rings. The summed E-state index contributed by atoms with van der Waals surface area (Å²) in [6.07, 6.45) is 5.55. The first-order valence-electron chi connectivity index (χ1n) is 6.96. The zero-order chi connectivity index (χ0) is 14.8. The highest BCUT2D eigenvalue weighted by molar-refractivity contribution is 9.11. The van der Waals surface area contributed by atoms with Gasteiger partial charge >= 0.3 is 0 Å². The minimum atomic E-state index is -0.0323. The smallest absolute Gasteiger partial charge is 0.277 e. The van der Waals surface area contributed by atoms with Crippen LogP contribution in [0.25, 0.3) is 6.08 Å². The van der Waals surface area contributed by atoms with Gasteiger partial charge in [-0.15, -0.1) is 11.3 Å². The summed E-state index contributed by atoms with van der Waals surface area (Å²) < 4.78 is 1.05. The molecule has 3 rings (SSSR count). The number of rotatable bonds is 3. The number of likely N-dealkylation sites (tertiary alicyclic amines) is 1. The van der Waals surface area contributed by atoms with Crippen molar-refractivity contribution in [1.29, 1.82) is 0 Å². The van der Waals surface area contributed by atoms with E-state index in [1.807, 2.05) is 18.2 Å². The number of piperidine rings is 1. The van der Waals surface area contributed by atoms with Gasteiger partial charge in [0.25, 0.3) is 5.91 Å². The zero-order valence-corrected chi connectivity index (χ0v) is 14.7. The first-order chi connectivity index (χ1) is 10.1. The number of carbonyl (C=O) groups is 1. The molecule has 2 fully saturated rings. The SMILES string of the molecule is O=C1/C(=C/c2ccc(Br)s2)NC(=S)N1CN1CCCCC1. The summed E-state index contributed by atoms with van der Waals surface area (Å²) in [5, 5.41) is 3.54. The van der Waals surface area contributed by atoms with Crippen molar-refractivity contribution in [2.45, 2.75) is 19.3 Å². The molecule has 0 spiro atoms. The summed E-state index contributed by atoms with van der Waals surface area (Å²) in [5.41, 5.74) is 0.561. The molecule has 2 saturated heterocycles. The van der Waals surface area contributed by atoms with Crippen LogP contribution in [0.5, 0.6) is 0 Å². The average Bonchev–Trinajstić information content (AvgIpc) is 2.99. The van der Waals surface area contributed by atoms with Crippen LogP contribution in [0.4, 0.5) is 0 Å². The van der Waals surface area contributed by atoms with Crippen LogP contribution in [0.1, 0.15) is 24.1 Å². The second kappa shape index (κ2) is 6.56. The minimum Gasteiger partial charge on any atom is -0.328 e. The second-order valence-electron chi connectivity index (χ2n) is 5.18. The molecular formula is C14H16BrN3OS2. The average molecular weight is 386 g/mol. The van der Waals surface area contributed by atoms with Gasteiger partial charge in [-0.2, -0.15) is 0 Å². The van der Waals surface area contributed by atoms with Crippen LogP contribution in [0.2, 0.25) is 0 Å². The maximum Gasteiger partial charge on any atom is 0.277 e. The fourth-order valence-electron chi connectivity index (χ4n) is 2.55. The van der Waals surface area contributed by atoms with E-state index in [-0.39, 0.29) is 5.91 Å². The number of hydrogen-bond donors (Lipinski definition) is 1. The molecule has 3 heterocycles. The Hall–Kier alpha value is -0.760. The van der Waals surface area contributed by atoms with Gasteiger partial charge in [0.05, 0.1) is 10.5 Å². The van der Waals surface area contributed by atoms with Gasteiger partial charge in [0, 0.05) is 4.88 Å². The van der Waals surface area contributed by atoms with E-state index in [0.717, 1.165) is 21.8 Å². The van der Waals surface area contributed by atoms with Crippen LogP contribution in [0, 0.1) is 0 Å². The predicted octanol–water partition coefficient (Wildman–Crippen LogP) is 3.01. The Morgan fingerprint density at radius 3 is 2.76 bits per heavy atom. The van der Waals surface area contributed by atoms with E-state index < -0.39 is 0 Å². The lowest BCUT2D eigenvalue weighted by Crippen LogP contribution is -2.43. The lowest BCUT2D eigenvalue weighted by Gasteiger charge is -2.29. The molecular weight excluding hydrogens is 370 g/mol. The third-order valence-corrected chi connectivity index (χ3v) is 5.53. The highest BCUT2D eigenvalue weighted by Crippen LogP contribution is 2.25. The number of nitrogens with zero attached hydrogens (tertiary/aromatic N) is 2. The Labute approximate surface area is 141 Å². The standard InChI is InChI=1S/C14H16BrN3OS2/c15-12-5-4-10(21-12)8-11-13(19)18(14(20)16-11)9-17-6-2-1-3-7-17/h4-5,8H,1-3,6-7,9H2,(H,16,20)/b11-8-. The Bertz CT molecular complexity index is 593. The number of thiocarbonyl (C=S) groups is 1. The molecule has 2 aliphatic rings. The molecule has 1 aromatic heterocycles. The fraction of sp³-hybridized carbons (Fsp3) is 0.429. The monoisotopic (exact) mass is 385 g/mol. The van der Waals surface area contributed by atoms with Gasteiger partial charge in [-0.1, -0.05) is 6.42 Å². The summed E-state index contributed by atoms with van der Waals surface area (Å²) in [7, 11) is 0. The van der Waals surface area contributed by atoms with Crippen molar-refractivity contribution in [3.63, 3.8) is 0 Å². The number of carbonyl (C=O) groups excluding carboxylic acids is 1. The predicted molar refractivity (Wildman–Crippen MR) is 92.9 cm³/mol. The van der Waals surface area contributed by atoms with Crippen molar-refractivity contribution < 1.29 is 4.79 Å². The Morgan fingerprint density at radius 1 is 1.33 bits per heavy atom. The van der Waals surface area contributed by atoms with Crippen LogP contribution in [0.15, 0.2) is 21.6 Å². The normalized spacial score (nSPS) is 22.1. The molecule has 0 radical (unpaired) electrons. The van der Waals surface area contributed by atoms with Crippen molar-refractivity contribution >= 4 is 56.6 Å². The number of halogens is 1. The van der Waals surface area contributed by atoms with Crippen molar-refractivity contribution in [2.75, 3.05) is 19.8 Å². The number of hydrogen-bond acceptors (Lipinski definition) is 4. The summed E-state index contributed by atoms with van der Waals surface area (Å²) in [6, 6.07) is 3.95. The molecule has 0 saturated carbocycles. The largest absolute Gasteiger partial charge is 0.328 e. The van der Waals surface area contributed by atoms with Crippen molar-refractivity contribution in [3.05, 3.63) is 26.5 Å². The van der Waals surface area contributed by atoms with Crippen LogP contribution in [-0.2, 0) is 4.79 Å². The molecule has 112 valence electrons. The number of thiophene rings is 1. The van der Waals surface area contributed by atoms with E-state index in [9.17, 15) is 4.79 Å². The fourth-order valence-corrected chi connectivity index (χ4v) is 4.17. The van der Waals surface area contributed by atoms with Gasteiger partial charge < -0.3 is 5.32 Å². The number of amides is 1. The van der Waals surface area contributed by atoms with Crippen LogP contribution in [0.3, 0.4) is 0 Å². The van der Waals surface area contributed by atoms with Gasteiger partial charge in [0.15, 0.2) is 5.11 Å². The van der Waals surface area contributed by atoms with E-state index in [0.29, 0.717) is 17.5 Å². The van der Waals surface area contributed by atoms with E-state index in [4.69, 9.17) is 12.2 Å². The van der Waals surface area contributed by atoms with Crippen molar-refractivity contribution in [2.24, 2.45) is 0 Å². The highest BCUT2D eigenvalue weighted by atomic mass is 79.9. The van der Waals surface area contributed by atoms with Gasteiger partial charge in [-0.3, -0.25) is 14.6 Å².